The third-order valence-electron chi connectivity index (χ3n) is 3.81. The molecule has 0 spiro atoms. The topological polar surface area (TPSA) is 90.1 Å². The average Bonchev–Trinajstić information content (AvgIpc) is 3.07. The first-order valence-electron chi connectivity index (χ1n) is 8.41. The summed E-state index contributed by atoms with van der Waals surface area (Å²) < 4.78 is 2.49. The zero-order chi connectivity index (χ0) is 20.1. The third-order valence-corrected chi connectivity index (χ3v) is 5.20. The molecule has 0 aliphatic carbocycles. The van der Waals surface area contributed by atoms with E-state index >= 15 is 0 Å². The fourth-order valence-electron chi connectivity index (χ4n) is 2.46. The Bertz CT molecular complexity index is 1000. The Balaban J connectivity index is 1.72. The molecule has 3 rings (SSSR count). The molecule has 9 heteroatoms. The maximum atomic E-state index is 12.2. The van der Waals surface area contributed by atoms with Gasteiger partial charge in [0, 0.05) is 46.8 Å². The number of carbonyl (C=O) groups is 1. The van der Waals surface area contributed by atoms with Gasteiger partial charge in [-0.2, -0.15) is 5.10 Å². The first-order chi connectivity index (χ1) is 13.4. The van der Waals surface area contributed by atoms with E-state index in [1.165, 1.54) is 23.9 Å². The lowest BCUT2D eigenvalue weighted by molar-refractivity contribution is -0.385. The predicted octanol–water partition coefficient (Wildman–Crippen LogP) is 5.04. The van der Waals surface area contributed by atoms with Crippen molar-refractivity contribution in [3.8, 4) is 0 Å². The van der Waals surface area contributed by atoms with Crippen molar-refractivity contribution in [2.24, 2.45) is 0 Å². The number of halogens is 1. The average molecular weight is 461 g/mol. The summed E-state index contributed by atoms with van der Waals surface area (Å²) in [5, 5.41) is 18.1. The van der Waals surface area contributed by atoms with E-state index in [-0.39, 0.29) is 18.0 Å². The predicted molar refractivity (Wildman–Crippen MR) is 112 cm³/mol. The van der Waals surface area contributed by atoms with Gasteiger partial charge in [0.25, 0.3) is 5.69 Å². The van der Waals surface area contributed by atoms with Crippen LogP contribution >= 0.6 is 27.7 Å². The maximum absolute atomic E-state index is 12.2. The molecule has 0 bridgehead atoms. The number of nitro groups is 1. The lowest BCUT2D eigenvalue weighted by Gasteiger charge is -2.08. The van der Waals surface area contributed by atoms with Crippen molar-refractivity contribution >= 4 is 45.0 Å². The number of benzene rings is 2. The number of anilines is 1. The van der Waals surface area contributed by atoms with Crippen LogP contribution in [0.25, 0.3) is 0 Å². The van der Waals surface area contributed by atoms with Crippen molar-refractivity contribution in [3.63, 3.8) is 0 Å². The Morgan fingerprint density at radius 2 is 2.00 bits per heavy atom. The first kappa shape index (κ1) is 20.1. The van der Waals surface area contributed by atoms with Crippen molar-refractivity contribution in [2.45, 2.75) is 29.7 Å². The second-order valence-electron chi connectivity index (χ2n) is 6.11. The summed E-state index contributed by atoms with van der Waals surface area (Å²) in [4.78, 5) is 24.7. The van der Waals surface area contributed by atoms with Gasteiger partial charge in [-0.25, -0.2) is 0 Å². The number of rotatable bonds is 7. The summed E-state index contributed by atoms with van der Waals surface area (Å²) in [6, 6.07) is 12.5. The number of aryl methyl sites for hydroxylation is 2. The highest BCUT2D eigenvalue weighted by atomic mass is 79.9. The molecule has 1 N–H and O–H groups in total. The summed E-state index contributed by atoms with van der Waals surface area (Å²) in [6.45, 7) is 2.41. The number of aromatic nitrogens is 2. The molecule has 0 saturated carbocycles. The molecule has 0 fully saturated rings. The van der Waals surface area contributed by atoms with Crippen LogP contribution in [0.3, 0.4) is 0 Å². The van der Waals surface area contributed by atoms with Gasteiger partial charge in [-0.05, 0) is 41.1 Å². The third kappa shape index (κ3) is 5.67. The van der Waals surface area contributed by atoms with Gasteiger partial charge >= 0.3 is 0 Å². The van der Waals surface area contributed by atoms with Crippen LogP contribution in [0, 0.1) is 17.0 Å². The summed E-state index contributed by atoms with van der Waals surface area (Å²) in [5.41, 5.74) is 1.47. The Hall–Kier alpha value is -2.65. The fraction of sp³-hybridized carbons (Fsp3) is 0.158. The van der Waals surface area contributed by atoms with Crippen molar-refractivity contribution in [1.29, 1.82) is 0 Å². The van der Waals surface area contributed by atoms with E-state index in [0.717, 1.165) is 14.9 Å². The molecule has 28 heavy (non-hydrogen) atoms. The van der Waals surface area contributed by atoms with Crippen molar-refractivity contribution in [3.05, 3.63) is 75.0 Å². The summed E-state index contributed by atoms with van der Waals surface area (Å²) in [6.07, 6.45) is 3.63. The van der Waals surface area contributed by atoms with Gasteiger partial charge in [0.05, 0.1) is 15.6 Å². The van der Waals surface area contributed by atoms with E-state index < -0.39 is 4.92 Å². The highest BCUT2D eigenvalue weighted by Gasteiger charge is 2.13. The lowest BCUT2D eigenvalue weighted by Crippen LogP contribution is -2.14. The molecule has 3 aromatic rings. The Morgan fingerprint density at radius 1 is 1.25 bits per heavy atom. The second kappa shape index (κ2) is 9.03. The Kier molecular flexibility index (Phi) is 6.48. The fourth-order valence-corrected chi connectivity index (χ4v) is 3.70. The molecule has 2 aromatic carbocycles. The van der Waals surface area contributed by atoms with Crippen LogP contribution in [0.2, 0.25) is 0 Å². The van der Waals surface area contributed by atoms with Crippen molar-refractivity contribution < 1.29 is 9.72 Å². The smallest absolute Gasteiger partial charge is 0.272 e. The molecular weight excluding hydrogens is 444 g/mol. The van der Waals surface area contributed by atoms with Crippen LogP contribution in [-0.4, -0.2) is 20.6 Å². The molecule has 0 saturated heterocycles. The number of nitrogens with zero attached hydrogens (tertiary/aromatic N) is 3. The van der Waals surface area contributed by atoms with Gasteiger partial charge < -0.3 is 5.32 Å². The molecule has 0 atom stereocenters. The molecular formula is C19H17BrN4O3S. The summed E-state index contributed by atoms with van der Waals surface area (Å²) in [7, 11) is 0. The normalized spacial score (nSPS) is 10.6. The number of hydrogen-bond acceptors (Lipinski definition) is 5. The number of nitrogens with one attached hydrogen (secondary N) is 1. The van der Waals surface area contributed by atoms with Gasteiger partial charge in [0.15, 0.2) is 0 Å². The number of carbonyl (C=O) groups excluding carboxylic acids is 1. The molecule has 7 nitrogen and oxygen atoms in total. The standard InChI is InChI=1S/C19H17BrN4O3S/c1-13-2-4-17(5-3-13)28-18-9-15(8-16(10-18)24(26)27)22-19(25)6-7-23-12-14(20)11-21-23/h2-5,8-12H,6-7H2,1H3,(H,22,25). The summed E-state index contributed by atoms with van der Waals surface area (Å²) >= 11 is 4.71. The number of hydrogen-bond donors (Lipinski definition) is 1. The van der Waals surface area contributed by atoms with E-state index in [1.54, 1.807) is 23.1 Å². The highest BCUT2D eigenvalue weighted by molar-refractivity contribution is 9.10. The van der Waals surface area contributed by atoms with E-state index in [4.69, 9.17) is 0 Å². The van der Waals surface area contributed by atoms with Crippen molar-refractivity contribution in [2.75, 3.05) is 5.32 Å². The minimum absolute atomic E-state index is 0.0663. The van der Waals surface area contributed by atoms with Gasteiger partial charge in [0.2, 0.25) is 5.91 Å². The van der Waals surface area contributed by atoms with Crippen molar-refractivity contribution in [1.82, 2.24) is 9.78 Å². The van der Waals surface area contributed by atoms with E-state index in [9.17, 15) is 14.9 Å². The van der Waals surface area contributed by atoms with Gasteiger partial charge in [0.1, 0.15) is 0 Å². The van der Waals surface area contributed by atoms with Gasteiger partial charge in [-0.1, -0.05) is 29.5 Å². The number of nitro benzene ring substituents is 1. The van der Waals surface area contributed by atoms with E-state index in [1.807, 2.05) is 31.2 Å². The zero-order valence-corrected chi connectivity index (χ0v) is 17.4. The maximum Gasteiger partial charge on any atom is 0.272 e. The lowest BCUT2D eigenvalue weighted by atomic mass is 10.2. The number of amides is 1. The molecule has 0 unspecified atom stereocenters. The Morgan fingerprint density at radius 3 is 2.64 bits per heavy atom. The van der Waals surface area contributed by atoms with E-state index in [2.05, 4.69) is 26.3 Å². The van der Waals surface area contributed by atoms with Crippen LogP contribution < -0.4 is 5.32 Å². The molecule has 0 radical (unpaired) electrons. The molecule has 0 aliphatic heterocycles. The van der Waals surface area contributed by atoms with Crippen LogP contribution in [-0.2, 0) is 11.3 Å². The van der Waals surface area contributed by atoms with Gasteiger partial charge in [-0.15, -0.1) is 0 Å². The Labute approximate surface area is 174 Å². The van der Waals surface area contributed by atoms with Crippen LogP contribution in [0.5, 0.6) is 0 Å². The van der Waals surface area contributed by atoms with Crippen LogP contribution in [0.4, 0.5) is 11.4 Å². The molecule has 0 aliphatic rings. The minimum atomic E-state index is -0.462. The largest absolute Gasteiger partial charge is 0.326 e. The monoisotopic (exact) mass is 460 g/mol. The van der Waals surface area contributed by atoms with E-state index in [0.29, 0.717) is 17.1 Å². The quantitative estimate of drug-likeness (QED) is 0.393. The summed E-state index contributed by atoms with van der Waals surface area (Å²) in [5.74, 6) is -0.238. The minimum Gasteiger partial charge on any atom is -0.326 e. The van der Waals surface area contributed by atoms with Gasteiger partial charge in [-0.3, -0.25) is 19.6 Å². The molecule has 144 valence electrons. The first-order valence-corrected chi connectivity index (χ1v) is 10.0. The van der Waals surface area contributed by atoms with Crippen LogP contribution in [0.1, 0.15) is 12.0 Å². The SMILES string of the molecule is Cc1ccc(Sc2cc(NC(=O)CCn3cc(Br)cn3)cc([N+](=O)[O-])c2)cc1. The number of non-ortho nitro benzene ring substituents is 1. The molecule has 1 aromatic heterocycles. The molecule has 1 amide bonds. The highest BCUT2D eigenvalue weighted by Crippen LogP contribution is 2.33. The zero-order valence-electron chi connectivity index (χ0n) is 15.0. The van der Waals surface area contributed by atoms with Crippen LogP contribution in [0.15, 0.2) is 69.1 Å². The molecule has 1 heterocycles. The second-order valence-corrected chi connectivity index (χ2v) is 8.17.